The summed E-state index contributed by atoms with van der Waals surface area (Å²) in [6.45, 7) is 1.08. The number of carboxylic acids is 1. The topological polar surface area (TPSA) is 125 Å². The Bertz CT molecular complexity index is 161. The van der Waals surface area contributed by atoms with E-state index in [2.05, 4.69) is 4.99 Å². The van der Waals surface area contributed by atoms with Crippen molar-refractivity contribution in [2.75, 3.05) is 0 Å². The summed E-state index contributed by atoms with van der Waals surface area (Å²) in [7, 11) is 0. The van der Waals surface area contributed by atoms with Crippen LogP contribution in [0.1, 0.15) is 6.92 Å². The molecule has 0 heterocycles. The van der Waals surface area contributed by atoms with Crippen LogP contribution in [-0.2, 0) is 4.79 Å². The number of hydrogen-bond donors (Lipinski definition) is 3. The van der Waals surface area contributed by atoms with Crippen LogP contribution in [0.2, 0.25) is 0 Å². The fourth-order valence-corrected chi connectivity index (χ4v) is 0.0577. The molecule has 0 aromatic rings. The highest BCUT2D eigenvalue weighted by Crippen LogP contribution is 1.49. The van der Waals surface area contributed by atoms with Gasteiger partial charge in [0.05, 0.1) is 0 Å². The molecular formula is C4H8N4O2. The van der Waals surface area contributed by atoms with Gasteiger partial charge in [-0.15, -0.1) is 4.99 Å². The maximum Gasteiger partial charge on any atom is 0.300 e. The molecule has 5 N–H and O–H groups in total. The Morgan fingerprint density at radius 2 is 2.00 bits per heavy atom. The maximum atomic E-state index is 9.00. The first-order valence-corrected chi connectivity index (χ1v) is 2.18. The van der Waals surface area contributed by atoms with Crippen LogP contribution < -0.4 is 11.5 Å². The lowest BCUT2D eigenvalue weighted by Gasteiger charge is -1.74. The Morgan fingerprint density at radius 3 is 2.00 bits per heavy atom. The van der Waals surface area contributed by atoms with Crippen molar-refractivity contribution in [1.82, 2.24) is 0 Å². The van der Waals surface area contributed by atoms with Gasteiger partial charge in [-0.05, 0) is 0 Å². The Morgan fingerprint density at radius 1 is 1.70 bits per heavy atom. The standard InChI is InChI=1S/C2H4N4.C2H4O2/c3-1-6-2(4)5;1-2(3)4/h(H4,4,5,6);1H3,(H,3,4). The lowest BCUT2D eigenvalue weighted by molar-refractivity contribution is -0.134. The van der Waals surface area contributed by atoms with Crippen LogP contribution in [0.25, 0.3) is 0 Å². The third kappa shape index (κ3) is 113. The van der Waals surface area contributed by atoms with E-state index in [1.165, 1.54) is 6.19 Å². The summed E-state index contributed by atoms with van der Waals surface area (Å²) in [6.07, 6.45) is 1.41. The average molecular weight is 144 g/mol. The molecule has 0 aliphatic carbocycles. The molecule has 0 spiro atoms. The number of carboxylic acid groups (broad SMARTS) is 1. The summed E-state index contributed by atoms with van der Waals surface area (Å²) in [6, 6.07) is 0. The van der Waals surface area contributed by atoms with Gasteiger partial charge in [0.2, 0.25) is 12.2 Å². The zero-order valence-corrected chi connectivity index (χ0v) is 5.40. The predicted octanol–water partition coefficient (Wildman–Crippen LogP) is -1.17. The first kappa shape index (κ1) is 11.1. The van der Waals surface area contributed by atoms with Crippen molar-refractivity contribution in [2.24, 2.45) is 16.5 Å². The summed E-state index contributed by atoms with van der Waals surface area (Å²) in [5.41, 5.74) is 9.42. The van der Waals surface area contributed by atoms with Crippen molar-refractivity contribution >= 4 is 11.9 Å². The normalized spacial score (nSPS) is 6.00. The van der Waals surface area contributed by atoms with E-state index < -0.39 is 5.97 Å². The number of nitrogens with two attached hydrogens (primary N) is 2. The molecule has 0 saturated carbocycles. The molecule has 0 saturated heterocycles. The molecule has 10 heavy (non-hydrogen) atoms. The van der Waals surface area contributed by atoms with E-state index >= 15 is 0 Å². The Kier molecular flexibility index (Phi) is 8.01. The van der Waals surface area contributed by atoms with E-state index in [0.29, 0.717) is 0 Å². The third-order valence-corrected chi connectivity index (χ3v) is 0.179. The second kappa shape index (κ2) is 7.23. The Hall–Kier alpha value is -1.77. The van der Waals surface area contributed by atoms with Gasteiger partial charge in [-0.3, -0.25) is 4.79 Å². The van der Waals surface area contributed by atoms with Crippen molar-refractivity contribution in [3.63, 3.8) is 0 Å². The van der Waals surface area contributed by atoms with Crippen molar-refractivity contribution in [2.45, 2.75) is 6.92 Å². The SMILES string of the molecule is CC(=O)O.N#CN=C(N)N. The van der Waals surface area contributed by atoms with Crippen molar-refractivity contribution in [3.8, 4) is 6.19 Å². The van der Waals surface area contributed by atoms with Crippen LogP contribution in [0.15, 0.2) is 4.99 Å². The fraction of sp³-hybridized carbons (Fsp3) is 0.250. The molecule has 0 atom stereocenters. The number of hydrogen-bond acceptors (Lipinski definition) is 3. The highest BCUT2D eigenvalue weighted by molar-refractivity contribution is 5.76. The summed E-state index contributed by atoms with van der Waals surface area (Å²) in [5.74, 6) is -1.03. The largest absolute Gasteiger partial charge is 0.481 e. The molecule has 56 valence electrons. The van der Waals surface area contributed by atoms with E-state index in [1.54, 1.807) is 0 Å². The van der Waals surface area contributed by atoms with Gasteiger partial charge in [0.1, 0.15) is 0 Å². The molecule has 0 bridgehead atoms. The van der Waals surface area contributed by atoms with Crippen LogP contribution >= 0.6 is 0 Å². The van der Waals surface area contributed by atoms with Crippen molar-refractivity contribution in [3.05, 3.63) is 0 Å². The predicted molar refractivity (Wildman–Crippen MR) is 34.7 cm³/mol. The molecule has 0 rings (SSSR count). The van der Waals surface area contributed by atoms with Crippen LogP contribution in [0.3, 0.4) is 0 Å². The van der Waals surface area contributed by atoms with Crippen LogP contribution in [0.4, 0.5) is 0 Å². The van der Waals surface area contributed by atoms with E-state index in [-0.39, 0.29) is 5.96 Å². The van der Waals surface area contributed by atoms with Crippen LogP contribution in [0, 0.1) is 11.5 Å². The summed E-state index contributed by atoms with van der Waals surface area (Å²) < 4.78 is 0. The molecule has 0 aliphatic rings. The molecular weight excluding hydrogens is 136 g/mol. The zero-order valence-electron chi connectivity index (χ0n) is 5.40. The molecule has 0 amide bonds. The number of guanidine groups is 1. The van der Waals surface area contributed by atoms with Gasteiger partial charge in [0, 0.05) is 6.92 Å². The highest BCUT2D eigenvalue weighted by atomic mass is 16.4. The first-order chi connectivity index (χ1) is 4.50. The lowest BCUT2D eigenvalue weighted by Crippen LogP contribution is -2.21. The number of carbonyl (C=O) groups is 1. The molecule has 0 radical (unpaired) electrons. The second-order valence-electron chi connectivity index (χ2n) is 1.16. The van der Waals surface area contributed by atoms with E-state index in [0.717, 1.165) is 6.92 Å². The third-order valence-electron chi connectivity index (χ3n) is 0.179. The molecule has 0 aromatic carbocycles. The monoisotopic (exact) mass is 144 g/mol. The average Bonchev–Trinajstić information content (AvgIpc) is 1.62. The number of nitriles is 1. The molecule has 0 aromatic heterocycles. The minimum absolute atomic E-state index is 0.197. The van der Waals surface area contributed by atoms with E-state index in [4.69, 9.17) is 26.6 Å². The Balaban J connectivity index is 0. The van der Waals surface area contributed by atoms with Gasteiger partial charge in [-0.25, -0.2) is 0 Å². The molecule has 0 fully saturated rings. The first-order valence-electron chi connectivity index (χ1n) is 2.18. The van der Waals surface area contributed by atoms with Gasteiger partial charge in [0.15, 0.2) is 0 Å². The summed E-state index contributed by atoms with van der Waals surface area (Å²) >= 11 is 0. The smallest absolute Gasteiger partial charge is 0.300 e. The molecule has 6 nitrogen and oxygen atoms in total. The van der Waals surface area contributed by atoms with Crippen molar-refractivity contribution in [1.29, 1.82) is 5.26 Å². The fourth-order valence-electron chi connectivity index (χ4n) is 0.0577. The van der Waals surface area contributed by atoms with Gasteiger partial charge in [-0.2, -0.15) is 5.26 Å². The van der Waals surface area contributed by atoms with Crippen molar-refractivity contribution < 1.29 is 9.90 Å². The Labute approximate surface area is 57.8 Å². The van der Waals surface area contributed by atoms with E-state index in [9.17, 15) is 0 Å². The summed E-state index contributed by atoms with van der Waals surface area (Å²) in [5, 5.41) is 15.1. The minimum atomic E-state index is -0.833. The molecule has 0 aliphatic heterocycles. The highest BCUT2D eigenvalue weighted by Gasteiger charge is 1.67. The van der Waals surface area contributed by atoms with Gasteiger partial charge >= 0.3 is 0 Å². The van der Waals surface area contributed by atoms with Gasteiger partial charge in [-0.1, -0.05) is 0 Å². The number of nitrogens with zero attached hydrogens (tertiary/aromatic N) is 2. The number of rotatable bonds is 0. The summed E-state index contributed by atoms with van der Waals surface area (Å²) in [4.78, 5) is 11.9. The molecule has 0 unspecified atom stereocenters. The molecule has 6 heteroatoms. The maximum absolute atomic E-state index is 9.00. The lowest BCUT2D eigenvalue weighted by atomic mass is 10.9. The zero-order chi connectivity index (χ0) is 8.57. The number of aliphatic carboxylic acids is 1. The number of aliphatic imine (C=N–C) groups is 1. The van der Waals surface area contributed by atoms with Gasteiger partial charge < -0.3 is 16.6 Å². The minimum Gasteiger partial charge on any atom is -0.481 e. The van der Waals surface area contributed by atoms with Gasteiger partial charge in [0.25, 0.3) is 5.97 Å². The van der Waals surface area contributed by atoms with E-state index in [1.807, 2.05) is 0 Å². The van der Waals surface area contributed by atoms with Crippen LogP contribution in [-0.4, -0.2) is 17.0 Å². The van der Waals surface area contributed by atoms with Crippen LogP contribution in [0.5, 0.6) is 0 Å². The second-order valence-corrected chi connectivity index (χ2v) is 1.16. The quantitative estimate of drug-likeness (QED) is 0.224.